The molecule has 0 amide bonds. The van der Waals surface area contributed by atoms with Gasteiger partial charge in [-0.1, -0.05) is 0 Å². The van der Waals surface area contributed by atoms with Crippen molar-refractivity contribution >= 4 is 17.6 Å². The monoisotopic (exact) mass is 434 g/mol. The average Bonchev–Trinajstić information content (AvgIpc) is 2.84. The van der Waals surface area contributed by atoms with E-state index in [-0.39, 0.29) is 0 Å². The lowest BCUT2D eigenvalue weighted by Crippen LogP contribution is -2.47. The highest BCUT2D eigenvalue weighted by Crippen LogP contribution is 2.26. The summed E-state index contributed by atoms with van der Waals surface area (Å²) in [6.45, 7) is 6.91. The molecule has 4 rings (SSSR count). The molecule has 1 fully saturated rings. The van der Waals surface area contributed by atoms with Crippen molar-refractivity contribution in [3.63, 3.8) is 0 Å². The summed E-state index contributed by atoms with van der Waals surface area (Å²) in [5, 5.41) is 0. The molecule has 0 saturated carbocycles. The number of nitrogens with zero attached hydrogens (tertiary/aromatic N) is 6. The second-order valence-corrected chi connectivity index (χ2v) is 7.37. The topological polar surface area (TPSA) is 93.6 Å². The largest absolute Gasteiger partial charge is 0.497 e. The Morgan fingerprint density at radius 2 is 1.75 bits per heavy atom. The predicted octanol–water partition coefficient (Wildman–Crippen LogP) is 2.75. The van der Waals surface area contributed by atoms with E-state index in [2.05, 4.69) is 24.8 Å². The quantitative estimate of drug-likeness (QED) is 0.543. The Morgan fingerprint density at radius 3 is 2.41 bits per heavy atom. The Balaban J connectivity index is 1.61. The minimum Gasteiger partial charge on any atom is -0.497 e. The molecule has 0 N–H and O–H groups in total. The van der Waals surface area contributed by atoms with Crippen molar-refractivity contribution in [2.24, 2.45) is 0 Å². The Kier molecular flexibility index (Phi) is 6.44. The molecule has 3 aromatic rings. The molecule has 0 spiro atoms. The number of carbonyl (C=O) groups excluding carboxylic acids is 1. The molecular weight excluding hydrogens is 408 g/mol. The maximum atomic E-state index is 12.6. The highest BCUT2D eigenvalue weighted by Gasteiger charge is 2.25. The number of ether oxygens (including phenoxy) is 2. The van der Waals surface area contributed by atoms with E-state index in [1.54, 1.807) is 26.6 Å². The molecule has 32 heavy (non-hydrogen) atoms. The number of aromatic nitrogens is 4. The van der Waals surface area contributed by atoms with Gasteiger partial charge in [0.15, 0.2) is 5.82 Å². The minimum absolute atomic E-state index is 0.291. The van der Waals surface area contributed by atoms with Gasteiger partial charge >= 0.3 is 5.97 Å². The van der Waals surface area contributed by atoms with E-state index in [0.717, 1.165) is 35.9 Å². The van der Waals surface area contributed by atoms with Crippen LogP contribution in [0.4, 0.5) is 11.6 Å². The van der Waals surface area contributed by atoms with E-state index in [1.165, 1.54) is 0 Å². The first-order valence-corrected chi connectivity index (χ1v) is 10.6. The Labute approximate surface area is 187 Å². The first kappa shape index (κ1) is 21.5. The van der Waals surface area contributed by atoms with E-state index in [0.29, 0.717) is 36.9 Å². The summed E-state index contributed by atoms with van der Waals surface area (Å²) in [7, 11) is 1.63. The number of piperazine rings is 1. The van der Waals surface area contributed by atoms with Crippen molar-refractivity contribution in [2.75, 3.05) is 49.7 Å². The highest BCUT2D eigenvalue weighted by molar-refractivity contribution is 5.95. The SMILES string of the molecule is CCOC(=O)c1cnc(-c2ccc(OC)cc2)nc1N1CCN(c2cc(C)ncn2)CC1. The zero-order valence-electron chi connectivity index (χ0n) is 18.5. The van der Waals surface area contributed by atoms with Crippen LogP contribution in [0.15, 0.2) is 42.9 Å². The number of hydrogen-bond acceptors (Lipinski definition) is 9. The summed E-state index contributed by atoms with van der Waals surface area (Å²) in [6, 6.07) is 9.50. The molecule has 0 radical (unpaired) electrons. The number of rotatable bonds is 6. The first-order valence-electron chi connectivity index (χ1n) is 10.6. The molecule has 1 aliphatic heterocycles. The van der Waals surface area contributed by atoms with E-state index in [9.17, 15) is 4.79 Å². The van der Waals surface area contributed by atoms with Crippen LogP contribution in [0.3, 0.4) is 0 Å². The number of methoxy groups -OCH3 is 1. The third-order valence-corrected chi connectivity index (χ3v) is 5.30. The van der Waals surface area contributed by atoms with Gasteiger partial charge in [-0.15, -0.1) is 0 Å². The van der Waals surface area contributed by atoms with Gasteiger partial charge in [0.1, 0.15) is 29.3 Å². The van der Waals surface area contributed by atoms with Crippen LogP contribution in [-0.2, 0) is 4.74 Å². The van der Waals surface area contributed by atoms with E-state index < -0.39 is 5.97 Å². The molecule has 1 aromatic carbocycles. The molecule has 2 aromatic heterocycles. The fraction of sp³-hybridized carbons (Fsp3) is 0.348. The lowest BCUT2D eigenvalue weighted by molar-refractivity contribution is 0.0526. The summed E-state index contributed by atoms with van der Waals surface area (Å²) >= 11 is 0. The lowest BCUT2D eigenvalue weighted by Gasteiger charge is -2.36. The van der Waals surface area contributed by atoms with Crippen LogP contribution in [-0.4, -0.2) is 65.8 Å². The molecule has 1 saturated heterocycles. The van der Waals surface area contributed by atoms with Crippen LogP contribution in [0.2, 0.25) is 0 Å². The maximum Gasteiger partial charge on any atom is 0.343 e. The van der Waals surface area contributed by atoms with Gasteiger partial charge in [0.25, 0.3) is 0 Å². The number of benzene rings is 1. The number of aryl methyl sites for hydroxylation is 1. The second kappa shape index (κ2) is 9.59. The van der Waals surface area contributed by atoms with Gasteiger partial charge in [0.2, 0.25) is 0 Å². The molecule has 9 nitrogen and oxygen atoms in total. The summed E-state index contributed by atoms with van der Waals surface area (Å²) < 4.78 is 10.5. The van der Waals surface area contributed by atoms with Crippen LogP contribution in [0.5, 0.6) is 5.75 Å². The van der Waals surface area contributed by atoms with Crippen molar-refractivity contribution in [1.29, 1.82) is 0 Å². The van der Waals surface area contributed by atoms with Crippen molar-refractivity contribution < 1.29 is 14.3 Å². The Hall–Kier alpha value is -3.75. The minimum atomic E-state index is -0.419. The smallest absolute Gasteiger partial charge is 0.343 e. The number of hydrogen-bond donors (Lipinski definition) is 0. The van der Waals surface area contributed by atoms with Gasteiger partial charge in [-0.25, -0.2) is 24.7 Å². The van der Waals surface area contributed by atoms with Gasteiger partial charge in [-0.05, 0) is 38.1 Å². The zero-order valence-corrected chi connectivity index (χ0v) is 18.5. The van der Waals surface area contributed by atoms with Crippen LogP contribution in [0, 0.1) is 6.92 Å². The Bertz CT molecular complexity index is 1080. The molecular formula is C23H26N6O3. The van der Waals surface area contributed by atoms with Gasteiger partial charge < -0.3 is 19.3 Å². The van der Waals surface area contributed by atoms with Crippen LogP contribution in [0.1, 0.15) is 23.0 Å². The van der Waals surface area contributed by atoms with Crippen LogP contribution in [0.25, 0.3) is 11.4 Å². The maximum absolute atomic E-state index is 12.6. The van der Waals surface area contributed by atoms with Crippen molar-refractivity contribution in [3.05, 3.63) is 54.1 Å². The van der Waals surface area contributed by atoms with Crippen LogP contribution < -0.4 is 14.5 Å². The molecule has 3 heterocycles. The third-order valence-electron chi connectivity index (χ3n) is 5.30. The lowest BCUT2D eigenvalue weighted by atomic mass is 10.2. The third kappa shape index (κ3) is 4.61. The Morgan fingerprint density at radius 1 is 1.03 bits per heavy atom. The summed E-state index contributed by atoms with van der Waals surface area (Å²) in [6.07, 6.45) is 3.14. The molecule has 1 aliphatic rings. The normalized spacial score (nSPS) is 13.7. The van der Waals surface area contributed by atoms with E-state index in [4.69, 9.17) is 14.5 Å². The second-order valence-electron chi connectivity index (χ2n) is 7.37. The molecule has 0 atom stereocenters. The van der Waals surface area contributed by atoms with Gasteiger partial charge in [0.05, 0.1) is 13.7 Å². The predicted molar refractivity (Wildman–Crippen MR) is 121 cm³/mol. The molecule has 0 bridgehead atoms. The van der Waals surface area contributed by atoms with E-state index >= 15 is 0 Å². The standard InChI is InChI=1S/C23H26N6O3/c1-4-32-23(30)19-14-24-21(17-5-7-18(31-3)8-6-17)27-22(19)29-11-9-28(10-12-29)20-13-16(2)25-15-26-20/h5-8,13-15H,4,9-12H2,1-3H3. The molecule has 0 aliphatic carbocycles. The fourth-order valence-corrected chi connectivity index (χ4v) is 3.61. The van der Waals surface area contributed by atoms with Gasteiger partial charge in [-0.3, -0.25) is 0 Å². The summed E-state index contributed by atoms with van der Waals surface area (Å²) in [4.78, 5) is 34.7. The molecule has 9 heteroatoms. The number of carbonyl (C=O) groups is 1. The fourth-order valence-electron chi connectivity index (χ4n) is 3.61. The van der Waals surface area contributed by atoms with Crippen molar-refractivity contribution in [3.8, 4) is 17.1 Å². The first-order chi connectivity index (χ1) is 15.6. The van der Waals surface area contributed by atoms with Crippen molar-refractivity contribution in [1.82, 2.24) is 19.9 Å². The summed E-state index contributed by atoms with van der Waals surface area (Å²) in [5.41, 5.74) is 2.15. The molecule has 0 unspecified atom stereocenters. The number of anilines is 2. The van der Waals surface area contributed by atoms with Crippen molar-refractivity contribution in [2.45, 2.75) is 13.8 Å². The molecule has 166 valence electrons. The highest BCUT2D eigenvalue weighted by atomic mass is 16.5. The summed E-state index contributed by atoms with van der Waals surface area (Å²) in [5.74, 6) is 2.38. The zero-order chi connectivity index (χ0) is 22.5. The average molecular weight is 435 g/mol. The van der Waals surface area contributed by atoms with Gasteiger partial charge in [0, 0.05) is 49.7 Å². The number of esters is 1. The van der Waals surface area contributed by atoms with Crippen LogP contribution >= 0.6 is 0 Å². The van der Waals surface area contributed by atoms with Gasteiger partial charge in [-0.2, -0.15) is 0 Å². The van der Waals surface area contributed by atoms with E-state index in [1.807, 2.05) is 37.3 Å².